The van der Waals surface area contributed by atoms with Crippen LogP contribution < -0.4 is 10.9 Å². The van der Waals surface area contributed by atoms with Crippen LogP contribution in [0, 0.1) is 5.82 Å². The van der Waals surface area contributed by atoms with Gasteiger partial charge in [0.15, 0.2) is 5.76 Å². The van der Waals surface area contributed by atoms with Gasteiger partial charge in [0, 0.05) is 22.1 Å². The Morgan fingerprint density at radius 2 is 1.81 bits per heavy atom. The molecule has 0 bridgehead atoms. The van der Waals surface area contributed by atoms with Gasteiger partial charge in [0.2, 0.25) is 0 Å². The zero-order chi connectivity index (χ0) is 21.6. The fourth-order valence-corrected chi connectivity index (χ4v) is 4.61. The number of rotatable bonds is 3. The highest BCUT2D eigenvalue weighted by atomic mass is 19.1. The molecule has 0 unspecified atom stereocenters. The van der Waals surface area contributed by atoms with E-state index in [4.69, 9.17) is 4.74 Å². The number of imide groups is 1. The third kappa shape index (κ3) is 3.32. The van der Waals surface area contributed by atoms with E-state index in [9.17, 15) is 18.8 Å². The molecule has 2 fully saturated rings. The minimum absolute atomic E-state index is 0.0691. The molecule has 6 nitrogen and oxygen atoms in total. The molecule has 5 rings (SSSR count). The van der Waals surface area contributed by atoms with Gasteiger partial charge in [0.25, 0.3) is 11.5 Å². The molecule has 1 aliphatic heterocycles. The van der Waals surface area contributed by atoms with Gasteiger partial charge < -0.3 is 9.72 Å². The molecule has 0 radical (unpaired) electrons. The van der Waals surface area contributed by atoms with Crippen LogP contribution in [0.2, 0.25) is 0 Å². The van der Waals surface area contributed by atoms with Gasteiger partial charge >= 0.3 is 6.09 Å². The molecule has 2 N–H and O–H groups in total. The van der Waals surface area contributed by atoms with Crippen molar-refractivity contribution in [3.8, 4) is 11.3 Å². The first kappa shape index (κ1) is 19.2. The first-order valence-corrected chi connectivity index (χ1v) is 10.1. The number of nitrogens with one attached hydrogen (secondary N) is 2. The van der Waals surface area contributed by atoms with E-state index in [0.717, 1.165) is 18.2 Å². The van der Waals surface area contributed by atoms with Crippen LogP contribution >= 0.6 is 0 Å². The number of ether oxygens (including phenoxy) is 1. The molecule has 2 heterocycles. The van der Waals surface area contributed by atoms with E-state index in [0.29, 0.717) is 35.0 Å². The van der Waals surface area contributed by atoms with E-state index < -0.39 is 17.4 Å². The Hall–Kier alpha value is -3.74. The second-order valence-electron chi connectivity index (χ2n) is 8.01. The normalized spacial score (nSPS) is 19.1. The minimum atomic E-state index is -0.808. The number of benzene rings is 2. The van der Waals surface area contributed by atoms with Crippen molar-refractivity contribution < 1.29 is 18.7 Å². The number of allylic oxidation sites excluding steroid dienone is 1. The monoisotopic (exact) mass is 418 g/mol. The summed E-state index contributed by atoms with van der Waals surface area (Å²) in [4.78, 5) is 39.3. The number of hydrogen-bond acceptors (Lipinski definition) is 4. The summed E-state index contributed by atoms with van der Waals surface area (Å²) in [6, 6.07) is 13.8. The smallest absolute Gasteiger partial charge is 0.404 e. The Labute approximate surface area is 176 Å². The Morgan fingerprint density at radius 1 is 1.00 bits per heavy atom. The van der Waals surface area contributed by atoms with Gasteiger partial charge in [0.1, 0.15) is 5.82 Å². The number of hydrogen-bond donors (Lipinski definition) is 2. The molecule has 1 saturated heterocycles. The number of cyclic esters (lactones) is 1. The van der Waals surface area contributed by atoms with Crippen molar-refractivity contribution >= 4 is 22.8 Å². The fraction of sp³-hybridized carbons (Fsp3) is 0.208. The summed E-state index contributed by atoms with van der Waals surface area (Å²) < 4.78 is 19.2. The predicted molar refractivity (Wildman–Crippen MR) is 113 cm³/mol. The topological polar surface area (TPSA) is 88.3 Å². The molecule has 2 amide bonds. The van der Waals surface area contributed by atoms with E-state index in [2.05, 4.69) is 10.3 Å². The Bertz CT molecular complexity index is 1320. The van der Waals surface area contributed by atoms with E-state index in [1.807, 2.05) is 18.2 Å². The predicted octanol–water partition coefficient (Wildman–Crippen LogP) is 4.30. The van der Waals surface area contributed by atoms with Gasteiger partial charge in [-0.15, -0.1) is 0 Å². The lowest BCUT2D eigenvalue weighted by Crippen LogP contribution is -2.30. The quantitative estimate of drug-likeness (QED) is 0.621. The molecule has 156 valence electrons. The average molecular weight is 418 g/mol. The number of fused-ring (bicyclic) bond motifs is 1. The molecular formula is C24H19FN2O4. The summed E-state index contributed by atoms with van der Waals surface area (Å²) in [5, 5.41) is 3.35. The largest absolute Gasteiger partial charge is 0.419 e. The highest BCUT2D eigenvalue weighted by molar-refractivity contribution is 6.07. The minimum Gasteiger partial charge on any atom is -0.404 e. The van der Waals surface area contributed by atoms with Crippen LogP contribution in [0.25, 0.3) is 22.0 Å². The maximum absolute atomic E-state index is 14.2. The van der Waals surface area contributed by atoms with Crippen LogP contribution in [-0.2, 0) is 14.9 Å². The van der Waals surface area contributed by atoms with Crippen molar-refractivity contribution in [2.75, 3.05) is 0 Å². The van der Waals surface area contributed by atoms with E-state index in [-0.39, 0.29) is 17.1 Å². The maximum atomic E-state index is 14.2. The number of aromatic nitrogens is 1. The van der Waals surface area contributed by atoms with E-state index >= 15 is 0 Å². The van der Waals surface area contributed by atoms with Gasteiger partial charge in [-0.05, 0) is 48.1 Å². The number of carbonyl (C=O) groups is 2. The van der Waals surface area contributed by atoms with Crippen LogP contribution in [-0.4, -0.2) is 17.0 Å². The number of pyridine rings is 1. The standard InChI is InChI=1S/C24H19FN2O4/c25-18-5-3-4-14-6-7-15(12-16(14)18)19-9-8-17(21(28)26-19)24(10-1-2-11-24)13-20-22(29)27-23(30)31-20/h3-9,12-13H,1-2,10-11H2,(H,26,28)(H,27,29,30)/b20-13-. The lowest BCUT2D eigenvalue weighted by Gasteiger charge is -2.25. The third-order valence-electron chi connectivity index (χ3n) is 6.13. The molecule has 1 aromatic heterocycles. The molecule has 2 aliphatic rings. The molecule has 1 saturated carbocycles. The Morgan fingerprint density at radius 3 is 2.52 bits per heavy atom. The lowest BCUT2D eigenvalue weighted by molar-refractivity contribution is -0.116. The van der Waals surface area contributed by atoms with Gasteiger partial charge in [0.05, 0.1) is 0 Å². The van der Waals surface area contributed by atoms with E-state index in [1.54, 1.807) is 30.3 Å². The second-order valence-corrected chi connectivity index (χ2v) is 8.01. The zero-order valence-electron chi connectivity index (χ0n) is 16.5. The number of aromatic amines is 1. The first-order valence-electron chi connectivity index (χ1n) is 10.1. The summed E-state index contributed by atoms with van der Waals surface area (Å²) in [6.07, 6.45) is 3.93. The fourth-order valence-electron chi connectivity index (χ4n) is 4.61. The summed E-state index contributed by atoms with van der Waals surface area (Å²) >= 11 is 0. The number of carbonyl (C=O) groups excluding carboxylic acids is 2. The molecule has 7 heteroatoms. The van der Waals surface area contributed by atoms with Crippen LogP contribution in [0.3, 0.4) is 0 Å². The molecule has 0 spiro atoms. The third-order valence-corrected chi connectivity index (χ3v) is 6.13. The Balaban J connectivity index is 1.57. The SMILES string of the molecule is O=C1NC(=O)/C(=C/C2(c3ccc(-c4ccc5cccc(F)c5c4)[nH]c3=O)CCCC2)O1. The first-order chi connectivity index (χ1) is 14.9. The molecule has 2 aromatic carbocycles. The molecule has 31 heavy (non-hydrogen) atoms. The average Bonchev–Trinajstić information content (AvgIpc) is 3.34. The van der Waals surface area contributed by atoms with Crippen molar-refractivity contribution in [2.45, 2.75) is 31.1 Å². The number of halogens is 1. The highest BCUT2D eigenvalue weighted by Crippen LogP contribution is 2.42. The van der Waals surface area contributed by atoms with Crippen LogP contribution in [0.4, 0.5) is 9.18 Å². The summed E-state index contributed by atoms with van der Waals surface area (Å²) in [6.45, 7) is 0. The molecule has 1 aliphatic carbocycles. The molecule has 0 atom stereocenters. The molecular weight excluding hydrogens is 399 g/mol. The summed E-state index contributed by atoms with van der Waals surface area (Å²) in [5.74, 6) is -0.984. The zero-order valence-corrected chi connectivity index (χ0v) is 16.5. The van der Waals surface area contributed by atoms with Crippen LogP contribution in [0.15, 0.2) is 65.2 Å². The van der Waals surface area contributed by atoms with Gasteiger partial charge in [-0.3, -0.25) is 14.9 Å². The number of amides is 2. The molecule has 3 aromatic rings. The maximum Gasteiger partial charge on any atom is 0.419 e. The summed E-state index contributed by atoms with van der Waals surface area (Å²) in [7, 11) is 0. The van der Waals surface area contributed by atoms with Crippen LogP contribution in [0.5, 0.6) is 0 Å². The lowest BCUT2D eigenvalue weighted by atomic mass is 9.78. The van der Waals surface area contributed by atoms with Gasteiger partial charge in [-0.2, -0.15) is 0 Å². The number of H-pyrrole nitrogens is 1. The van der Waals surface area contributed by atoms with Crippen molar-refractivity contribution in [3.05, 3.63) is 82.1 Å². The van der Waals surface area contributed by atoms with Gasteiger partial charge in [-0.1, -0.05) is 43.2 Å². The number of alkyl carbamates (subject to hydrolysis) is 1. The van der Waals surface area contributed by atoms with Gasteiger partial charge in [-0.25, -0.2) is 9.18 Å². The second kappa shape index (κ2) is 7.19. The van der Waals surface area contributed by atoms with Crippen LogP contribution in [0.1, 0.15) is 31.2 Å². The van der Waals surface area contributed by atoms with E-state index in [1.165, 1.54) is 6.07 Å². The van der Waals surface area contributed by atoms with Crippen molar-refractivity contribution in [2.24, 2.45) is 0 Å². The highest BCUT2D eigenvalue weighted by Gasteiger charge is 2.39. The Kier molecular flexibility index (Phi) is 4.46. The van der Waals surface area contributed by atoms with Crippen molar-refractivity contribution in [3.63, 3.8) is 0 Å². The van der Waals surface area contributed by atoms with Crippen molar-refractivity contribution in [1.29, 1.82) is 0 Å². The van der Waals surface area contributed by atoms with Crippen molar-refractivity contribution in [1.82, 2.24) is 10.3 Å². The summed E-state index contributed by atoms with van der Waals surface area (Å²) in [5.41, 5.74) is 0.825.